The first-order valence-electron chi connectivity index (χ1n) is 10.5. The highest BCUT2D eigenvalue weighted by Gasteiger charge is 2.50. The van der Waals surface area contributed by atoms with Gasteiger partial charge in [-0.15, -0.1) is 0 Å². The van der Waals surface area contributed by atoms with Crippen LogP contribution in [0.15, 0.2) is 24.3 Å². The van der Waals surface area contributed by atoms with E-state index in [1.54, 1.807) is 24.3 Å². The second-order valence-electron chi connectivity index (χ2n) is 9.53. The molecule has 7 nitrogen and oxygen atoms in total. The molecule has 2 aliphatic rings. The van der Waals surface area contributed by atoms with Gasteiger partial charge in [0.05, 0.1) is 7.11 Å². The molecule has 2 atom stereocenters. The van der Waals surface area contributed by atoms with Gasteiger partial charge in [-0.05, 0) is 53.9 Å². The molecule has 1 amide bonds. The van der Waals surface area contributed by atoms with E-state index < -0.39 is 5.97 Å². The minimum absolute atomic E-state index is 0.0829. The Labute approximate surface area is 183 Å². The molecule has 1 aliphatic carbocycles. The van der Waals surface area contributed by atoms with E-state index in [4.69, 9.17) is 19.5 Å². The lowest BCUT2D eigenvalue weighted by atomic mass is 9.65. The lowest BCUT2D eigenvalue weighted by Gasteiger charge is -2.39. The maximum absolute atomic E-state index is 12.7. The van der Waals surface area contributed by atoms with Crippen molar-refractivity contribution < 1.29 is 23.8 Å². The first-order valence-corrected chi connectivity index (χ1v) is 10.5. The van der Waals surface area contributed by atoms with Crippen molar-refractivity contribution in [1.29, 1.82) is 5.26 Å². The molecule has 0 spiro atoms. The number of hydrogen-bond donors (Lipinski definition) is 0. The van der Waals surface area contributed by atoms with Crippen LogP contribution in [0.25, 0.3) is 6.08 Å². The van der Waals surface area contributed by atoms with Crippen LogP contribution in [-0.4, -0.2) is 49.7 Å². The van der Waals surface area contributed by atoms with Crippen LogP contribution in [0.5, 0.6) is 11.5 Å². The van der Waals surface area contributed by atoms with Crippen LogP contribution in [0.1, 0.15) is 45.6 Å². The van der Waals surface area contributed by atoms with Crippen molar-refractivity contribution >= 4 is 18.0 Å². The molecule has 1 aromatic carbocycles. The number of esters is 1. The third-order valence-corrected chi connectivity index (χ3v) is 5.96. The number of hydrogen-bond acceptors (Lipinski definition) is 6. The highest BCUT2D eigenvalue weighted by atomic mass is 16.5. The second-order valence-corrected chi connectivity index (χ2v) is 9.53. The SMILES string of the molecule is COc1cc(C=CC(=O)OCC(=O)N2CC3(C)CC2CC(C)(C)C3)ccc1OCC#N. The normalized spacial score (nSPS) is 24.0. The van der Waals surface area contributed by atoms with Crippen LogP contribution in [-0.2, 0) is 14.3 Å². The van der Waals surface area contributed by atoms with Gasteiger partial charge < -0.3 is 19.1 Å². The Morgan fingerprint density at radius 2 is 2.03 bits per heavy atom. The summed E-state index contributed by atoms with van der Waals surface area (Å²) < 4.78 is 15.7. The minimum atomic E-state index is -0.578. The number of amides is 1. The van der Waals surface area contributed by atoms with E-state index in [9.17, 15) is 9.59 Å². The monoisotopic (exact) mass is 426 g/mol. The summed E-state index contributed by atoms with van der Waals surface area (Å²) in [6.07, 6.45) is 5.97. The van der Waals surface area contributed by atoms with Gasteiger partial charge in [0, 0.05) is 18.7 Å². The molecule has 1 saturated heterocycles. The standard InChI is InChI=1S/C24H30N2O5/c1-23(2)12-18-13-24(3,15-23)16-26(18)21(27)14-31-22(28)8-6-17-5-7-19(30-10-9-25)20(11-17)29-4/h5-8,11,18H,10,12-16H2,1-4H3. The summed E-state index contributed by atoms with van der Waals surface area (Å²) in [7, 11) is 1.50. The molecule has 0 radical (unpaired) electrons. The van der Waals surface area contributed by atoms with Crippen molar-refractivity contribution in [3.05, 3.63) is 29.8 Å². The molecule has 0 aromatic heterocycles. The van der Waals surface area contributed by atoms with E-state index in [1.165, 1.54) is 13.2 Å². The van der Waals surface area contributed by atoms with E-state index in [0.29, 0.717) is 17.1 Å². The molecule has 1 aliphatic heterocycles. The largest absolute Gasteiger partial charge is 0.493 e. The summed E-state index contributed by atoms with van der Waals surface area (Å²) in [6.45, 7) is 7.16. The van der Waals surface area contributed by atoms with E-state index >= 15 is 0 Å². The summed E-state index contributed by atoms with van der Waals surface area (Å²) in [5.74, 6) is 0.194. The molecule has 1 saturated carbocycles. The zero-order valence-electron chi connectivity index (χ0n) is 18.6. The van der Waals surface area contributed by atoms with Gasteiger partial charge in [-0.2, -0.15) is 5.26 Å². The predicted molar refractivity (Wildman–Crippen MR) is 115 cm³/mol. The number of carbonyl (C=O) groups excluding carboxylic acids is 2. The lowest BCUT2D eigenvalue weighted by molar-refractivity contribution is -0.148. The Morgan fingerprint density at radius 1 is 1.26 bits per heavy atom. The van der Waals surface area contributed by atoms with Crippen LogP contribution >= 0.6 is 0 Å². The first-order chi connectivity index (χ1) is 14.6. The molecule has 7 heteroatoms. The van der Waals surface area contributed by atoms with Crippen LogP contribution < -0.4 is 9.47 Å². The molecule has 166 valence electrons. The Hall–Kier alpha value is -3.01. The quantitative estimate of drug-likeness (QED) is 0.489. The van der Waals surface area contributed by atoms with Crippen molar-refractivity contribution in [1.82, 2.24) is 4.90 Å². The average molecular weight is 427 g/mol. The van der Waals surface area contributed by atoms with Crippen molar-refractivity contribution in [2.75, 3.05) is 26.9 Å². The van der Waals surface area contributed by atoms with E-state index in [0.717, 1.165) is 25.8 Å². The fraction of sp³-hybridized carbons (Fsp3) is 0.542. The summed E-state index contributed by atoms with van der Waals surface area (Å²) in [5.41, 5.74) is 1.07. The van der Waals surface area contributed by atoms with Crippen LogP contribution in [0.3, 0.4) is 0 Å². The van der Waals surface area contributed by atoms with Crippen molar-refractivity contribution in [3.8, 4) is 17.6 Å². The zero-order chi connectivity index (χ0) is 22.6. The number of likely N-dealkylation sites (tertiary alicyclic amines) is 1. The Balaban J connectivity index is 1.54. The molecule has 1 heterocycles. The number of nitriles is 1. The second kappa shape index (κ2) is 9.01. The molecular weight excluding hydrogens is 396 g/mol. The summed E-state index contributed by atoms with van der Waals surface area (Å²) in [5, 5.41) is 8.62. The average Bonchev–Trinajstić information content (AvgIpc) is 2.97. The number of ether oxygens (including phenoxy) is 3. The van der Waals surface area contributed by atoms with Gasteiger partial charge in [-0.25, -0.2) is 4.79 Å². The Morgan fingerprint density at radius 3 is 2.74 bits per heavy atom. The summed E-state index contributed by atoms with van der Waals surface area (Å²) in [6, 6.07) is 7.21. The van der Waals surface area contributed by atoms with Gasteiger partial charge in [-0.1, -0.05) is 26.8 Å². The summed E-state index contributed by atoms with van der Waals surface area (Å²) in [4.78, 5) is 26.7. The van der Waals surface area contributed by atoms with Crippen LogP contribution in [0.4, 0.5) is 0 Å². The third kappa shape index (κ3) is 5.57. The van der Waals surface area contributed by atoms with Crippen LogP contribution in [0, 0.1) is 22.2 Å². The van der Waals surface area contributed by atoms with Gasteiger partial charge in [0.2, 0.25) is 0 Å². The number of fused-ring (bicyclic) bond motifs is 2. The molecule has 3 rings (SSSR count). The fourth-order valence-electron chi connectivity index (χ4n) is 5.20. The Bertz CT molecular complexity index is 917. The molecule has 31 heavy (non-hydrogen) atoms. The van der Waals surface area contributed by atoms with Crippen molar-refractivity contribution in [3.63, 3.8) is 0 Å². The molecule has 2 bridgehead atoms. The maximum atomic E-state index is 12.7. The van der Waals surface area contributed by atoms with Crippen LogP contribution in [0.2, 0.25) is 0 Å². The van der Waals surface area contributed by atoms with Gasteiger partial charge >= 0.3 is 5.97 Å². The molecule has 0 N–H and O–H groups in total. The highest BCUT2D eigenvalue weighted by Crippen LogP contribution is 2.52. The van der Waals surface area contributed by atoms with Gasteiger partial charge in [0.25, 0.3) is 5.91 Å². The Kier molecular flexibility index (Phi) is 6.59. The fourth-order valence-corrected chi connectivity index (χ4v) is 5.20. The van der Waals surface area contributed by atoms with Crippen molar-refractivity contribution in [2.24, 2.45) is 10.8 Å². The van der Waals surface area contributed by atoms with E-state index in [1.807, 2.05) is 11.0 Å². The summed E-state index contributed by atoms with van der Waals surface area (Å²) >= 11 is 0. The number of nitrogens with zero attached hydrogens (tertiary/aromatic N) is 2. The lowest BCUT2D eigenvalue weighted by Crippen LogP contribution is -2.39. The smallest absolute Gasteiger partial charge is 0.331 e. The van der Waals surface area contributed by atoms with Gasteiger partial charge in [-0.3, -0.25) is 4.79 Å². The van der Waals surface area contributed by atoms with Gasteiger partial charge in [0.1, 0.15) is 6.07 Å². The zero-order valence-corrected chi connectivity index (χ0v) is 18.6. The number of rotatable bonds is 7. The predicted octanol–water partition coefficient (Wildman–Crippen LogP) is 3.58. The van der Waals surface area contributed by atoms with Gasteiger partial charge in [0.15, 0.2) is 24.7 Å². The first kappa shape index (κ1) is 22.7. The number of methoxy groups -OCH3 is 1. The molecular formula is C24H30N2O5. The topological polar surface area (TPSA) is 88.9 Å². The maximum Gasteiger partial charge on any atom is 0.331 e. The highest BCUT2D eigenvalue weighted by molar-refractivity contribution is 5.89. The van der Waals surface area contributed by atoms with E-state index in [-0.39, 0.29) is 36.0 Å². The molecule has 2 fully saturated rings. The molecule has 1 aromatic rings. The van der Waals surface area contributed by atoms with E-state index in [2.05, 4.69) is 20.8 Å². The minimum Gasteiger partial charge on any atom is -0.493 e. The third-order valence-electron chi connectivity index (χ3n) is 5.96. The number of carbonyl (C=O) groups is 2. The molecule has 2 unspecified atom stereocenters. The van der Waals surface area contributed by atoms with Crippen molar-refractivity contribution in [2.45, 2.75) is 46.1 Å². The number of benzene rings is 1.